The Morgan fingerprint density at radius 3 is 2.78 bits per heavy atom. The van der Waals surface area contributed by atoms with Crippen molar-refractivity contribution in [1.82, 2.24) is 10.6 Å². The van der Waals surface area contributed by atoms with Gasteiger partial charge in [0.2, 0.25) is 5.91 Å². The minimum absolute atomic E-state index is 0.0299. The van der Waals surface area contributed by atoms with E-state index in [9.17, 15) is 9.59 Å². The van der Waals surface area contributed by atoms with Gasteiger partial charge in [-0.25, -0.2) is 0 Å². The van der Waals surface area contributed by atoms with Gasteiger partial charge in [-0.2, -0.15) is 0 Å². The minimum Gasteiger partial charge on any atom is -0.376 e. The summed E-state index contributed by atoms with van der Waals surface area (Å²) in [6.07, 6.45) is 13.3. The average Bonchev–Trinajstić information content (AvgIpc) is 2.81. The molecule has 3 heterocycles. The predicted molar refractivity (Wildman–Crippen MR) is 109 cm³/mol. The lowest BCUT2D eigenvalue weighted by Crippen LogP contribution is -2.74. The molecule has 3 aliphatic heterocycles. The zero-order valence-electron chi connectivity index (χ0n) is 16.1. The van der Waals surface area contributed by atoms with E-state index >= 15 is 0 Å². The molecule has 2 amide bonds. The van der Waals surface area contributed by atoms with Crippen LogP contribution in [0.25, 0.3) is 0 Å². The number of rotatable bonds is 3. The van der Waals surface area contributed by atoms with Crippen LogP contribution in [0.4, 0.5) is 0 Å². The molecule has 0 aliphatic carbocycles. The van der Waals surface area contributed by atoms with Gasteiger partial charge in [-0.3, -0.25) is 14.6 Å². The van der Waals surface area contributed by atoms with Gasteiger partial charge in [0.1, 0.15) is 5.54 Å². The number of carbonyl (C=O) groups excluding carboxylic acids is 2. The topological polar surface area (TPSA) is 79.8 Å². The van der Waals surface area contributed by atoms with Crippen molar-refractivity contribution in [2.75, 3.05) is 19.5 Å². The van der Waals surface area contributed by atoms with E-state index in [2.05, 4.69) is 34.0 Å². The summed E-state index contributed by atoms with van der Waals surface area (Å²) >= 11 is 1.42. The number of piperidine rings is 1. The highest BCUT2D eigenvalue weighted by Crippen LogP contribution is 2.30. The second kappa shape index (κ2) is 9.77. The molecule has 27 heavy (non-hydrogen) atoms. The molecule has 2 fully saturated rings. The van der Waals surface area contributed by atoms with Gasteiger partial charge in [0.25, 0.3) is 5.91 Å². The van der Waals surface area contributed by atoms with Crippen molar-refractivity contribution in [2.45, 2.75) is 51.1 Å². The zero-order chi connectivity index (χ0) is 19.9. The van der Waals surface area contributed by atoms with E-state index in [-0.39, 0.29) is 17.9 Å². The van der Waals surface area contributed by atoms with Crippen molar-refractivity contribution in [1.29, 1.82) is 0 Å². The van der Waals surface area contributed by atoms with Gasteiger partial charge in [-0.1, -0.05) is 6.08 Å². The number of nitrogens with zero attached hydrogens (tertiary/aromatic N) is 1. The smallest absolute Gasteiger partial charge is 0.259 e. The molecular weight excluding hydrogens is 362 g/mol. The Morgan fingerprint density at radius 2 is 2.19 bits per heavy atom. The van der Waals surface area contributed by atoms with Gasteiger partial charge in [-0.15, -0.1) is 24.1 Å². The van der Waals surface area contributed by atoms with Crippen LogP contribution < -0.4 is 10.6 Å². The lowest BCUT2D eigenvalue weighted by Gasteiger charge is -2.50. The molecule has 3 rings (SSSR count). The molecule has 7 heteroatoms. The van der Waals surface area contributed by atoms with Crippen molar-refractivity contribution in [2.24, 2.45) is 4.99 Å². The van der Waals surface area contributed by atoms with E-state index in [4.69, 9.17) is 4.74 Å². The number of terminal acetylenes is 1. The third-order valence-corrected chi connectivity index (χ3v) is 5.46. The Kier molecular flexibility index (Phi) is 7.69. The molecule has 0 aromatic rings. The second-order valence-electron chi connectivity index (χ2n) is 6.72. The normalized spacial score (nSPS) is 24.9. The number of thioether (sulfide) groups is 1. The average molecular weight is 390 g/mol. The van der Waals surface area contributed by atoms with E-state index in [0.717, 1.165) is 24.3 Å². The molecule has 6 nitrogen and oxygen atoms in total. The Morgan fingerprint density at radius 1 is 1.48 bits per heavy atom. The van der Waals surface area contributed by atoms with Crippen LogP contribution in [0.5, 0.6) is 0 Å². The largest absolute Gasteiger partial charge is 0.376 e. The molecule has 0 aromatic carbocycles. The minimum atomic E-state index is -0.441. The first-order chi connectivity index (χ1) is 13.0. The lowest BCUT2D eigenvalue weighted by atomic mass is 9.81. The number of carbonyl (C=O) groups is 2. The molecule has 146 valence electrons. The van der Waals surface area contributed by atoms with Crippen LogP contribution in [0.2, 0.25) is 0 Å². The maximum absolute atomic E-state index is 12.8. The molecule has 3 aliphatic rings. The zero-order valence-corrected chi connectivity index (χ0v) is 16.9. The van der Waals surface area contributed by atoms with Gasteiger partial charge in [-0.05, 0) is 45.4 Å². The molecule has 1 atom stereocenters. The summed E-state index contributed by atoms with van der Waals surface area (Å²) in [4.78, 5) is 29.8. The molecule has 0 bridgehead atoms. The summed E-state index contributed by atoms with van der Waals surface area (Å²) in [5, 5.41) is 6.11. The van der Waals surface area contributed by atoms with E-state index in [1.165, 1.54) is 11.8 Å². The fourth-order valence-corrected chi connectivity index (χ4v) is 3.92. The predicted octanol–water partition coefficient (Wildman–Crippen LogP) is 2.18. The molecule has 1 unspecified atom stereocenters. The quantitative estimate of drug-likeness (QED) is 0.573. The SMILES string of the molecule is C#CC.CS/C(C(=O)NC1CCC(=O)NC12COC2)=C1\CCC=CC(C)=N1. The Hall–Kier alpha value is -2.04. The molecule has 2 N–H and O–H groups in total. The fourth-order valence-electron chi connectivity index (χ4n) is 3.29. The second-order valence-corrected chi connectivity index (χ2v) is 7.54. The van der Waals surface area contributed by atoms with Crippen LogP contribution in [0.3, 0.4) is 0 Å². The van der Waals surface area contributed by atoms with E-state index in [1.54, 1.807) is 6.92 Å². The molecule has 2 saturated heterocycles. The highest BCUT2D eigenvalue weighted by molar-refractivity contribution is 8.03. The van der Waals surface area contributed by atoms with Crippen molar-refractivity contribution < 1.29 is 14.3 Å². The van der Waals surface area contributed by atoms with Crippen LogP contribution in [0.1, 0.15) is 39.5 Å². The Bertz CT molecular complexity index is 714. The maximum Gasteiger partial charge on any atom is 0.259 e. The van der Waals surface area contributed by atoms with Crippen molar-refractivity contribution in [3.63, 3.8) is 0 Å². The number of allylic oxidation sites excluding steroid dienone is 3. The van der Waals surface area contributed by atoms with Gasteiger partial charge < -0.3 is 15.4 Å². The first-order valence-electron chi connectivity index (χ1n) is 9.01. The van der Waals surface area contributed by atoms with E-state index in [0.29, 0.717) is 31.0 Å². The maximum atomic E-state index is 12.8. The highest BCUT2D eigenvalue weighted by atomic mass is 32.2. The van der Waals surface area contributed by atoms with E-state index < -0.39 is 5.54 Å². The van der Waals surface area contributed by atoms with Gasteiger partial charge >= 0.3 is 0 Å². The molecular formula is C20H27N3O3S. The number of hydrogen-bond acceptors (Lipinski definition) is 5. The van der Waals surface area contributed by atoms with Gasteiger partial charge in [0.05, 0.1) is 29.9 Å². The third-order valence-electron chi connectivity index (χ3n) is 4.63. The summed E-state index contributed by atoms with van der Waals surface area (Å²) in [5.41, 5.74) is 1.31. The fraction of sp³-hybridized carbons (Fsp3) is 0.550. The van der Waals surface area contributed by atoms with Crippen molar-refractivity contribution in [3.05, 3.63) is 22.8 Å². The monoisotopic (exact) mass is 389 g/mol. The number of hydrogen-bond donors (Lipinski definition) is 2. The Labute approximate surface area is 165 Å². The molecule has 0 aromatic heterocycles. The number of aliphatic imine (C=N–C) groups is 1. The van der Waals surface area contributed by atoms with Crippen LogP contribution in [0, 0.1) is 12.3 Å². The summed E-state index contributed by atoms with van der Waals surface area (Å²) < 4.78 is 5.30. The number of nitrogens with one attached hydrogen (secondary N) is 2. The van der Waals surface area contributed by atoms with Crippen LogP contribution in [-0.2, 0) is 14.3 Å². The summed E-state index contributed by atoms with van der Waals surface area (Å²) in [5.74, 6) is 2.17. The van der Waals surface area contributed by atoms with Crippen LogP contribution >= 0.6 is 11.8 Å². The number of ether oxygens (including phenoxy) is 1. The third kappa shape index (κ3) is 5.24. The molecule has 1 spiro atoms. The van der Waals surface area contributed by atoms with Gasteiger partial charge in [0.15, 0.2) is 0 Å². The molecule has 0 radical (unpaired) electrons. The standard InChI is InChI=1S/C17H23N3O3S.C3H4/c1-11-5-3-4-6-12(18-11)15(24-2)16(22)19-13-7-8-14(21)20-17(13)9-23-10-17;1-3-2/h3,5,13H,4,6-10H2,1-2H3,(H,19,22)(H,20,21);1H,2H3/b15-12+;. The Balaban J connectivity index is 0.000000817. The van der Waals surface area contributed by atoms with E-state index in [1.807, 2.05) is 19.3 Å². The number of amides is 2. The lowest BCUT2D eigenvalue weighted by molar-refractivity contribution is -0.146. The summed E-state index contributed by atoms with van der Waals surface area (Å²) in [6, 6.07) is -0.104. The first kappa shape index (κ1) is 21.3. The summed E-state index contributed by atoms with van der Waals surface area (Å²) in [7, 11) is 0. The highest BCUT2D eigenvalue weighted by Gasteiger charge is 2.50. The van der Waals surface area contributed by atoms with Gasteiger partial charge in [0, 0.05) is 12.1 Å². The van der Waals surface area contributed by atoms with Crippen molar-refractivity contribution >= 4 is 29.3 Å². The first-order valence-corrected chi connectivity index (χ1v) is 10.2. The van der Waals surface area contributed by atoms with Crippen molar-refractivity contribution in [3.8, 4) is 12.3 Å². The summed E-state index contributed by atoms with van der Waals surface area (Å²) in [6.45, 7) is 4.50. The van der Waals surface area contributed by atoms with Crippen LogP contribution in [0.15, 0.2) is 27.7 Å². The van der Waals surface area contributed by atoms with Crippen LogP contribution in [-0.4, -0.2) is 48.6 Å². The molecule has 0 saturated carbocycles.